The molecule has 0 saturated heterocycles. The molecule has 0 unspecified atom stereocenters. The number of benzene rings is 3. The highest BCUT2D eigenvalue weighted by molar-refractivity contribution is 7.92. The van der Waals surface area contributed by atoms with Gasteiger partial charge in [-0.15, -0.1) is 0 Å². The van der Waals surface area contributed by atoms with Crippen molar-refractivity contribution >= 4 is 21.6 Å². The van der Waals surface area contributed by atoms with Crippen molar-refractivity contribution in [1.82, 2.24) is 5.32 Å². The first-order chi connectivity index (χ1) is 16.6. The number of carbonyl (C=O) groups excluding carboxylic acids is 1. The molecule has 7 heteroatoms. The normalized spacial score (nSPS) is 11.4. The number of hydrogen-bond acceptors (Lipinski definition) is 4. The molecule has 35 heavy (non-hydrogen) atoms. The predicted molar refractivity (Wildman–Crippen MR) is 141 cm³/mol. The maximum atomic E-state index is 13.5. The first-order valence-electron chi connectivity index (χ1n) is 11.7. The molecule has 3 aromatic rings. The average Bonchev–Trinajstić information content (AvgIpc) is 2.80. The van der Waals surface area contributed by atoms with Crippen LogP contribution in [0.15, 0.2) is 71.6 Å². The summed E-state index contributed by atoms with van der Waals surface area (Å²) < 4.78 is 33.9. The van der Waals surface area contributed by atoms with E-state index in [1.54, 1.807) is 36.4 Å². The summed E-state index contributed by atoms with van der Waals surface area (Å²) in [4.78, 5) is 12.9. The van der Waals surface area contributed by atoms with E-state index in [9.17, 15) is 13.2 Å². The summed E-state index contributed by atoms with van der Waals surface area (Å²) in [6, 6.07) is 19.8. The molecule has 0 aliphatic rings. The van der Waals surface area contributed by atoms with Crippen molar-refractivity contribution in [3.05, 3.63) is 89.0 Å². The van der Waals surface area contributed by atoms with Gasteiger partial charge in [0, 0.05) is 0 Å². The van der Waals surface area contributed by atoms with Crippen LogP contribution in [0.5, 0.6) is 5.75 Å². The molecule has 0 fully saturated rings. The highest BCUT2D eigenvalue weighted by atomic mass is 32.2. The molecule has 0 radical (unpaired) electrons. The fourth-order valence-corrected chi connectivity index (χ4v) is 5.16. The summed E-state index contributed by atoms with van der Waals surface area (Å²) in [6.07, 6.45) is 0. The second kappa shape index (κ2) is 11.4. The highest BCUT2D eigenvalue weighted by Gasteiger charge is 2.27. The summed E-state index contributed by atoms with van der Waals surface area (Å²) >= 11 is 0. The third-order valence-corrected chi connectivity index (χ3v) is 7.42. The molecular weight excluding hydrogens is 460 g/mol. The number of rotatable bonds is 10. The summed E-state index contributed by atoms with van der Waals surface area (Å²) in [5.74, 6) is 0.648. The van der Waals surface area contributed by atoms with Gasteiger partial charge in [0.1, 0.15) is 18.9 Å². The van der Waals surface area contributed by atoms with Gasteiger partial charge in [0.05, 0.1) is 17.1 Å². The number of aryl methyl sites for hydroxylation is 3. The van der Waals surface area contributed by atoms with Gasteiger partial charge in [0.25, 0.3) is 10.0 Å². The van der Waals surface area contributed by atoms with Gasteiger partial charge >= 0.3 is 0 Å². The minimum absolute atomic E-state index is 0.141. The first-order valence-corrected chi connectivity index (χ1v) is 13.2. The number of nitrogens with one attached hydrogen (secondary N) is 1. The molecular formula is C28H34N2O4S. The number of ether oxygens (including phenoxy) is 1. The number of anilines is 1. The summed E-state index contributed by atoms with van der Waals surface area (Å²) in [5, 5.41) is 2.77. The Bertz CT molecular complexity index is 1230. The lowest BCUT2D eigenvalue weighted by atomic mass is 10.0. The molecule has 3 rings (SSSR count). The Balaban J connectivity index is 1.73. The highest BCUT2D eigenvalue weighted by Crippen LogP contribution is 2.26. The molecule has 0 heterocycles. The Morgan fingerprint density at radius 2 is 1.49 bits per heavy atom. The minimum atomic E-state index is -3.94. The van der Waals surface area contributed by atoms with Gasteiger partial charge in [-0.05, 0) is 79.8 Å². The number of carbonyl (C=O) groups is 1. The molecule has 0 aliphatic heterocycles. The third kappa shape index (κ3) is 7.09. The number of nitrogens with zero attached hydrogens (tertiary/aromatic N) is 1. The zero-order valence-electron chi connectivity index (χ0n) is 21.0. The standard InChI is InChI=1S/C28H34N2O4S/c1-20(2)24-8-10-25(11-9-24)30(35(32,33)27-12-6-21(3)7-13-27)19-28(31)29-14-15-34-26-17-22(4)16-23(5)18-26/h6-13,16-18,20H,14-15,19H2,1-5H3,(H,29,31). The Hall–Kier alpha value is -3.32. The van der Waals surface area contributed by atoms with Crippen LogP contribution in [0.4, 0.5) is 5.69 Å². The van der Waals surface area contributed by atoms with E-state index in [0.29, 0.717) is 11.6 Å². The molecule has 6 nitrogen and oxygen atoms in total. The average molecular weight is 495 g/mol. The molecule has 0 spiro atoms. The van der Waals surface area contributed by atoms with Crippen molar-refractivity contribution in [2.24, 2.45) is 0 Å². The lowest BCUT2D eigenvalue weighted by Crippen LogP contribution is -2.41. The fourth-order valence-electron chi connectivity index (χ4n) is 3.74. The van der Waals surface area contributed by atoms with Crippen LogP contribution in [-0.2, 0) is 14.8 Å². The lowest BCUT2D eigenvalue weighted by Gasteiger charge is -2.24. The van der Waals surface area contributed by atoms with Crippen LogP contribution in [0.3, 0.4) is 0 Å². The number of sulfonamides is 1. The van der Waals surface area contributed by atoms with Crippen molar-refractivity contribution in [1.29, 1.82) is 0 Å². The van der Waals surface area contributed by atoms with E-state index in [4.69, 9.17) is 4.74 Å². The Labute approximate surface area is 209 Å². The van der Waals surface area contributed by atoms with E-state index >= 15 is 0 Å². The van der Waals surface area contributed by atoms with Crippen LogP contribution in [0.2, 0.25) is 0 Å². The zero-order chi connectivity index (χ0) is 25.6. The van der Waals surface area contributed by atoms with Crippen LogP contribution in [-0.4, -0.2) is 34.0 Å². The van der Waals surface area contributed by atoms with E-state index in [1.165, 1.54) is 0 Å². The minimum Gasteiger partial charge on any atom is -0.492 e. The molecule has 0 atom stereocenters. The Kier molecular flexibility index (Phi) is 8.57. The van der Waals surface area contributed by atoms with Crippen LogP contribution in [0.1, 0.15) is 42.0 Å². The van der Waals surface area contributed by atoms with Crippen LogP contribution < -0.4 is 14.4 Å². The van der Waals surface area contributed by atoms with E-state index in [2.05, 4.69) is 25.2 Å². The second-order valence-corrected chi connectivity index (χ2v) is 11.0. The predicted octanol–water partition coefficient (Wildman–Crippen LogP) is 5.13. The smallest absolute Gasteiger partial charge is 0.264 e. The third-order valence-electron chi connectivity index (χ3n) is 5.63. The van der Waals surface area contributed by atoms with E-state index in [1.807, 2.05) is 45.0 Å². The number of hydrogen-bond donors (Lipinski definition) is 1. The van der Waals surface area contributed by atoms with Crippen molar-refractivity contribution in [2.45, 2.75) is 45.4 Å². The zero-order valence-corrected chi connectivity index (χ0v) is 21.9. The maximum Gasteiger partial charge on any atom is 0.264 e. The quantitative estimate of drug-likeness (QED) is 0.397. The maximum absolute atomic E-state index is 13.5. The van der Waals surface area contributed by atoms with Gasteiger partial charge < -0.3 is 10.1 Å². The molecule has 1 N–H and O–H groups in total. The van der Waals surface area contributed by atoms with E-state index in [0.717, 1.165) is 32.3 Å². The molecule has 1 amide bonds. The molecule has 186 valence electrons. The first kappa shape index (κ1) is 26.3. The number of amides is 1. The molecule has 0 aliphatic carbocycles. The molecule has 0 saturated carbocycles. The van der Waals surface area contributed by atoms with Gasteiger partial charge in [0.15, 0.2) is 0 Å². The van der Waals surface area contributed by atoms with E-state index < -0.39 is 15.9 Å². The van der Waals surface area contributed by atoms with E-state index in [-0.39, 0.29) is 24.6 Å². The molecule has 0 bridgehead atoms. The second-order valence-electron chi connectivity index (χ2n) is 9.09. The van der Waals surface area contributed by atoms with Gasteiger partial charge in [-0.2, -0.15) is 0 Å². The van der Waals surface area contributed by atoms with Gasteiger partial charge in [-0.25, -0.2) is 8.42 Å². The Morgan fingerprint density at radius 3 is 2.06 bits per heavy atom. The summed E-state index contributed by atoms with van der Waals surface area (Å²) in [7, 11) is -3.94. The van der Waals surface area contributed by atoms with Gasteiger partial charge in [-0.1, -0.05) is 49.7 Å². The van der Waals surface area contributed by atoms with Gasteiger partial charge in [0.2, 0.25) is 5.91 Å². The fraction of sp³-hybridized carbons (Fsp3) is 0.321. The summed E-state index contributed by atoms with van der Waals surface area (Å²) in [5.41, 5.74) is 4.69. The Morgan fingerprint density at radius 1 is 0.886 bits per heavy atom. The van der Waals surface area contributed by atoms with Crippen molar-refractivity contribution in [3.63, 3.8) is 0 Å². The van der Waals surface area contributed by atoms with Gasteiger partial charge in [-0.3, -0.25) is 9.10 Å². The summed E-state index contributed by atoms with van der Waals surface area (Å²) in [6.45, 7) is 10.2. The van der Waals surface area contributed by atoms with Crippen molar-refractivity contribution < 1.29 is 17.9 Å². The van der Waals surface area contributed by atoms with Crippen molar-refractivity contribution in [3.8, 4) is 5.75 Å². The molecule has 0 aromatic heterocycles. The lowest BCUT2D eigenvalue weighted by molar-refractivity contribution is -0.119. The molecule has 3 aromatic carbocycles. The topological polar surface area (TPSA) is 75.7 Å². The monoisotopic (exact) mass is 494 g/mol. The van der Waals surface area contributed by atoms with Crippen LogP contribution in [0, 0.1) is 20.8 Å². The SMILES string of the molecule is Cc1ccc(S(=O)(=O)N(CC(=O)NCCOc2cc(C)cc(C)c2)c2ccc(C(C)C)cc2)cc1. The van der Waals surface area contributed by atoms with Crippen LogP contribution >= 0.6 is 0 Å². The van der Waals surface area contributed by atoms with Crippen molar-refractivity contribution in [2.75, 3.05) is 24.0 Å². The largest absolute Gasteiger partial charge is 0.492 e. The van der Waals surface area contributed by atoms with Crippen LogP contribution in [0.25, 0.3) is 0 Å².